The summed E-state index contributed by atoms with van der Waals surface area (Å²) in [5, 5.41) is 3.91. The zero-order valence-corrected chi connectivity index (χ0v) is 15.7. The molecule has 0 spiro atoms. The number of hydrogen-bond acceptors (Lipinski definition) is 8. The number of hydrogen-bond donors (Lipinski definition) is 1. The summed E-state index contributed by atoms with van der Waals surface area (Å²) in [5.41, 5.74) is 1.89. The Labute approximate surface area is 159 Å². The third-order valence-corrected chi connectivity index (χ3v) is 4.85. The average molecular weight is 386 g/mol. The summed E-state index contributed by atoms with van der Waals surface area (Å²) in [4.78, 5) is 28.8. The van der Waals surface area contributed by atoms with Crippen molar-refractivity contribution in [2.45, 2.75) is 6.54 Å². The summed E-state index contributed by atoms with van der Waals surface area (Å²) < 4.78 is 15.0. The van der Waals surface area contributed by atoms with Crippen LogP contribution in [-0.4, -0.2) is 37.7 Å². The van der Waals surface area contributed by atoms with Gasteiger partial charge in [0, 0.05) is 6.54 Å². The van der Waals surface area contributed by atoms with Gasteiger partial charge >= 0.3 is 11.9 Å². The van der Waals surface area contributed by atoms with Crippen LogP contribution in [0, 0.1) is 0 Å². The molecule has 0 radical (unpaired) electrons. The molecule has 3 aromatic rings. The van der Waals surface area contributed by atoms with E-state index in [9.17, 15) is 9.59 Å². The lowest BCUT2D eigenvalue weighted by Crippen LogP contribution is -2.13. The molecule has 0 aliphatic rings. The van der Waals surface area contributed by atoms with Gasteiger partial charge in [0.2, 0.25) is 0 Å². The van der Waals surface area contributed by atoms with Gasteiger partial charge in [0.1, 0.15) is 4.83 Å². The van der Waals surface area contributed by atoms with E-state index in [0.29, 0.717) is 16.8 Å². The third-order valence-electron chi connectivity index (χ3n) is 3.77. The van der Waals surface area contributed by atoms with Gasteiger partial charge in [-0.3, -0.25) is 0 Å². The normalized spacial score (nSPS) is 10.4. The zero-order chi connectivity index (χ0) is 19.2. The Hall–Kier alpha value is -3.13. The van der Waals surface area contributed by atoms with Crippen LogP contribution < -0.4 is 10.1 Å². The first-order valence-corrected chi connectivity index (χ1v) is 8.92. The summed E-state index contributed by atoms with van der Waals surface area (Å²) in [6.07, 6.45) is 1.69. The Kier molecular flexibility index (Phi) is 5.87. The van der Waals surface area contributed by atoms with Crippen molar-refractivity contribution in [3.05, 3.63) is 53.0 Å². The molecule has 27 heavy (non-hydrogen) atoms. The lowest BCUT2D eigenvalue weighted by Gasteiger charge is -2.08. The molecule has 0 unspecified atom stereocenters. The van der Waals surface area contributed by atoms with E-state index in [2.05, 4.69) is 15.0 Å². The number of carbonyl (C=O) groups is 2. The molecule has 140 valence electrons. The van der Waals surface area contributed by atoms with Gasteiger partial charge < -0.3 is 19.5 Å². The van der Waals surface area contributed by atoms with Crippen molar-refractivity contribution in [2.24, 2.45) is 0 Å². The molecule has 0 aliphatic heterocycles. The van der Waals surface area contributed by atoms with Crippen molar-refractivity contribution in [1.82, 2.24) is 4.98 Å². The van der Waals surface area contributed by atoms with E-state index in [4.69, 9.17) is 9.47 Å². The van der Waals surface area contributed by atoms with Gasteiger partial charge in [-0.25, -0.2) is 14.6 Å². The van der Waals surface area contributed by atoms with Crippen molar-refractivity contribution in [3.63, 3.8) is 0 Å². The maximum absolute atomic E-state index is 12.1. The molecule has 3 rings (SSSR count). The fourth-order valence-electron chi connectivity index (χ4n) is 2.42. The molecule has 7 nitrogen and oxygen atoms in total. The Morgan fingerprint density at radius 2 is 1.93 bits per heavy atom. The maximum atomic E-state index is 12.1. The monoisotopic (exact) mass is 386 g/mol. The standard InChI is InChI=1S/C19H18N2O5S/c1-24-15(22)11-26-16-14-8-13(20-9-12-6-4-3-5-7-12)10-21-18(14)27-17(16)19(23)25-2/h3-8,10,20H,9,11H2,1-2H3. The number of benzene rings is 1. The lowest BCUT2D eigenvalue weighted by atomic mass is 10.2. The molecule has 0 atom stereocenters. The fourth-order valence-corrected chi connectivity index (χ4v) is 3.41. The molecule has 1 aromatic carbocycles. The second kappa shape index (κ2) is 8.50. The van der Waals surface area contributed by atoms with Crippen LogP contribution in [-0.2, 0) is 20.8 Å². The van der Waals surface area contributed by atoms with Crippen LogP contribution in [0.25, 0.3) is 10.2 Å². The molecule has 0 saturated heterocycles. The maximum Gasteiger partial charge on any atom is 0.351 e. The summed E-state index contributed by atoms with van der Waals surface area (Å²) >= 11 is 1.15. The number of nitrogens with one attached hydrogen (secondary N) is 1. The Morgan fingerprint density at radius 3 is 2.63 bits per heavy atom. The van der Waals surface area contributed by atoms with Crippen molar-refractivity contribution in [3.8, 4) is 5.75 Å². The highest BCUT2D eigenvalue weighted by Gasteiger charge is 2.22. The second-order valence-corrected chi connectivity index (χ2v) is 6.53. The Morgan fingerprint density at radius 1 is 1.15 bits per heavy atom. The van der Waals surface area contributed by atoms with E-state index in [-0.39, 0.29) is 17.2 Å². The first-order chi connectivity index (χ1) is 13.1. The van der Waals surface area contributed by atoms with Crippen LogP contribution in [0.1, 0.15) is 15.2 Å². The highest BCUT2D eigenvalue weighted by molar-refractivity contribution is 7.20. The fraction of sp³-hybridized carbons (Fsp3) is 0.211. The summed E-state index contributed by atoms with van der Waals surface area (Å²) in [5.74, 6) is -0.823. The number of methoxy groups -OCH3 is 2. The van der Waals surface area contributed by atoms with Crippen LogP contribution >= 0.6 is 11.3 Å². The summed E-state index contributed by atoms with van der Waals surface area (Å²) in [6, 6.07) is 11.8. The van der Waals surface area contributed by atoms with E-state index >= 15 is 0 Å². The number of thiophene rings is 1. The zero-order valence-electron chi connectivity index (χ0n) is 14.9. The number of pyridine rings is 1. The minimum atomic E-state index is -0.545. The molecule has 1 N–H and O–H groups in total. The minimum absolute atomic E-state index is 0.254. The van der Waals surface area contributed by atoms with Crippen molar-refractivity contribution < 1.29 is 23.8 Å². The van der Waals surface area contributed by atoms with Gasteiger partial charge in [-0.2, -0.15) is 0 Å². The van der Waals surface area contributed by atoms with Crippen molar-refractivity contribution in [2.75, 3.05) is 26.1 Å². The van der Waals surface area contributed by atoms with Gasteiger partial charge in [0.25, 0.3) is 0 Å². The number of carbonyl (C=O) groups excluding carboxylic acids is 2. The largest absolute Gasteiger partial charge is 0.479 e. The molecule has 0 fully saturated rings. The first kappa shape index (κ1) is 18.7. The number of rotatable bonds is 7. The van der Waals surface area contributed by atoms with E-state index < -0.39 is 11.9 Å². The molecule has 2 aromatic heterocycles. The van der Waals surface area contributed by atoms with Gasteiger partial charge in [0.15, 0.2) is 17.2 Å². The van der Waals surface area contributed by atoms with E-state index in [1.54, 1.807) is 6.20 Å². The summed E-state index contributed by atoms with van der Waals surface area (Å²) in [6.45, 7) is 0.314. The van der Waals surface area contributed by atoms with Crippen LogP contribution in [0.3, 0.4) is 0 Å². The molecular weight excluding hydrogens is 368 g/mol. The molecule has 0 saturated carbocycles. The van der Waals surface area contributed by atoms with Crippen LogP contribution in [0.2, 0.25) is 0 Å². The second-order valence-electron chi connectivity index (χ2n) is 5.53. The van der Waals surface area contributed by atoms with E-state index in [1.165, 1.54) is 14.2 Å². The molecule has 2 heterocycles. The SMILES string of the molecule is COC(=O)COc1c(C(=O)OC)sc2ncc(NCc3ccccc3)cc12. The summed E-state index contributed by atoms with van der Waals surface area (Å²) in [7, 11) is 2.56. The van der Waals surface area contributed by atoms with Gasteiger partial charge in [-0.05, 0) is 11.6 Å². The number of aromatic nitrogens is 1. The quantitative estimate of drug-likeness (QED) is 0.624. The molecule has 0 bridgehead atoms. The van der Waals surface area contributed by atoms with Gasteiger partial charge in [-0.15, -0.1) is 11.3 Å². The molecule has 0 aliphatic carbocycles. The smallest absolute Gasteiger partial charge is 0.351 e. The average Bonchev–Trinajstić information content (AvgIpc) is 3.08. The predicted octanol–water partition coefficient (Wildman–Crippen LogP) is 3.25. The van der Waals surface area contributed by atoms with Crippen molar-refractivity contribution >= 4 is 39.2 Å². The Bertz CT molecular complexity index is 955. The van der Waals surface area contributed by atoms with Crippen LogP contribution in [0.15, 0.2) is 42.6 Å². The van der Waals surface area contributed by atoms with Crippen LogP contribution in [0.5, 0.6) is 5.75 Å². The number of nitrogens with zero attached hydrogens (tertiary/aromatic N) is 1. The highest BCUT2D eigenvalue weighted by atomic mass is 32.1. The highest BCUT2D eigenvalue weighted by Crippen LogP contribution is 2.38. The lowest BCUT2D eigenvalue weighted by molar-refractivity contribution is -0.142. The number of ether oxygens (including phenoxy) is 3. The third kappa shape index (κ3) is 4.35. The van der Waals surface area contributed by atoms with Gasteiger partial charge in [0.05, 0.1) is 31.5 Å². The number of anilines is 1. The number of esters is 2. The molecular formula is C19H18N2O5S. The topological polar surface area (TPSA) is 86.8 Å². The first-order valence-electron chi connectivity index (χ1n) is 8.10. The number of fused-ring (bicyclic) bond motifs is 1. The predicted molar refractivity (Wildman–Crippen MR) is 102 cm³/mol. The van der Waals surface area contributed by atoms with E-state index in [0.717, 1.165) is 22.6 Å². The molecule has 8 heteroatoms. The molecule has 0 amide bonds. The van der Waals surface area contributed by atoms with Gasteiger partial charge in [-0.1, -0.05) is 30.3 Å². The Balaban J connectivity index is 1.90. The van der Waals surface area contributed by atoms with Crippen LogP contribution in [0.4, 0.5) is 5.69 Å². The minimum Gasteiger partial charge on any atom is -0.479 e. The van der Waals surface area contributed by atoms with Crippen molar-refractivity contribution in [1.29, 1.82) is 0 Å². The van der Waals surface area contributed by atoms with E-state index in [1.807, 2.05) is 36.4 Å².